The lowest BCUT2D eigenvalue weighted by Crippen LogP contribution is -2.52. The lowest BCUT2D eigenvalue weighted by Gasteiger charge is -2.37. The molecule has 0 atom stereocenters. The molecule has 0 aromatic heterocycles. The maximum absolute atomic E-state index is 10.0. The van der Waals surface area contributed by atoms with Gasteiger partial charge < -0.3 is 25.0 Å². The number of phenols is 1. The van der Waals surface area contributed by atoms with Gasteiger partial charge in [0.25, 0.3) is 0 Å². The zero-order valence-electron chi connectivity index (χ0n) is 16.6. The molecule has 1 aliphatic heterocycles. The Morgan fingerprint density at radius 3 is 2.59 bits per heavy atom. The molecule has 0 amide bonds. The summed E-state index contributed by atoms with van der Waals surface area (Å²) < 4.78 is 5.99. The summed E-state index contributed by atoms with van der Waals surface area (Å²) in [7, 11) is 1.84. The second kappa shape index (κ2) is 10.4. The van der Waals surface area contributed by atoms with Crippen molar-refractivity contribution in [2.45, 2.75) is 44.6 Å². The topological polar surface area (TPSA) is 60.3 Å². The minimum atomic E-state index is 0.353. The number of nitrogens with one attached hydrogen (secondary N) is 1. The van der Waals surface area contributed by atoms with Crippen LogP contribution in [0.2, 0.25) is 0 Å². The zero-order valence-corrected chi connectivity index (χ0v) is 16.6. The van der Waals surface area contributed by atoms with Crippen LogP contribution in [0.4, 0.5) is 5.69 Å². The number of phenolic OH excluding ortho intramolecular Hbond substituents is 1. The molecule has 27 heavy (non-hydrogen) atoms. The third kappa shape index (κ3) is 5.76. The summed E-state index contributed by atoms with van der Waals surface area (Å²) in [4.78, 5) is 8.96. The molecule has 6 heteroatoms. The smallest absolute Gasteiger partial charge is 0.193 e. The fourth-order valence-electron chi connectivity index (χ4n) is 3.98. The fourth-order valence-corrected chi connectivity index (χ4v) is 3.98. The molecule has 1 saturated carbocycles. The van der Waals surface area contributed by atoms with E-state index in [0.29, 0.717) is 11.9 Å². The van der Waals surface area contributed by atoms with Crippen LogP contribution in [0.25, 0.3) is 0 Å². The largest absolute Gasteiger partial charge is 0.506 e. The number of benzene rings is 1. The minimum Gasteiger partial charge on any atom is -0.506 e. The van der Waals surface area contributed by atoms with Crippen LogP contribution < -0.4 is 10.2 Å². The molecule has 1 aromatic rings. The van der Waals surface area contributed by atoms with Crippen molar-refractivity contribution in [3.8, 4) is 5.75 Å². The highest BCUT2D eigenvalue weighted by molar-refractivity contribution is 5.80. The fraction of sp³-hybridized carbons (Fsp3) is 0.667. The molecule has 1 aromatic carbocycles. The predicted octanol–water partition coefficient (Wildman–Crippen LogP) is 2.83. The summed E-state index contributed by atoms with van der Waals surface area (Å²) in [5.74, 6) is 1.32. The van der Waals surface area contributed by atoms with Gasteiger partial charge in [0.15, 0.2) is 5.96 Å². The number of rotatable bonds is 6. The van der Waals surface area contributed by atoms with E-state index in [1.807, 2.05) is 25.2 Å². The molecule has 1 aliphatic carbocycles. The van der Waals surface area contributed by atoms with Crippen molar-refractivity contribution >= 4 is 11.6 Å². The van der Waals surface area contributed by atoms with Crippen LogP contribution >= 0.6 is 0 Å². The molecule has 150 valence electrons. The molecule has 2 fully saturated rings. The van der Waals surface area contributed by atoms with Crippen molar-refractivity contribution in [2.24, 2.45) is 4.99 Å². The molecule has 2 N–H and O–H groups in total. The highest BCUT2D eigenvalue weighted by atomic mass is 16.5. The normalized spacial score (nSPS) is 19.4. The van der Waals surface area contributed by atoms with Crippen molar-refractivity contribution in [1.29, 1.82) is 0 Å². The van der Waals surface area contributed by atoms with E-state index >= 15 is 0 Å². The van der Waals surface area contributed by atoms with Gasteiger partial charge in [-0.25, -0.2) is 0 Å². The number of piperazine rings is 1. The van der Waals surface area contributed by atoms with Crippen LogP contribution in [0.5, 0.6) is 5.75 Å². The molecule has 2 aliphatic rings. The summed E-state index contributed by atoms with van der Waals surface area (Å²) in [6.45, 7) is 5.26. The summed E-state index contributed by atoms with van der Waals surface area (Å²) in [6, 6.07) is 7.55. The molecular weight excluding hydrogens is 340 g/mol. The first kappa shape index (κ1) is 19.8. The van der Waals surface area contributed by atoms with Gasteiger partial charge in [0, 0.05) is 46.4 Å². The molecule has 0 spiro atoms. The van der Waals surface area contributed by atoms with E-state index < -0.39 is 0 Å². The number of aliphatic imine (C=N–C) groups is 1. The molecule has 6 nitrogen and oxygen atoms in total. The standard InChI is InChI=1S/C21H34N4O2/c1-22-21(23-12-7-17-27-18-8-3-2-4-9-18)25-15-13-24(14-16-25)19-10-5-6-11-20(19)26/h5-6,10-11,18,26H,2-4,7-9,12-17H2,1H3,(H,22,23). The Kier molecular flexibility index (Phi) is 7.63. The number of hydrogen-bond donors (Lipinski definition) is 2. The molecule has 0 bridgehead atoms. The molecule has 0 radical (unpaired) electrons. The van der Waals surface area contributed by atoms with Crippen LogP contribution in [-0.4, -0.2) is 68.4 Å². The van der Waals surface area contributed by atoms with Crippen LogP contribution in [0, 0.1) is 0 Å². The average Bonchev–Trinajstić information content (AvgIpc) is 2.72. The van der Waals surface area contributed by atoms with Gasteiger partial charge in [-0.3, -0.25) is 4.99 Å². The second-order valence-corrected chi connectivity index (χ2v) is 7.42. The maximum atomic E-state index is 10.0. The van der Waals surface area contributed by atoms with Gasteiger partial charge in [-0.1, -0.05) is 31.4 Å². The van der Waals surface area contributed by atoms with Crippen molar-refractivity contribution in [1.82, 2.24) is 10.2 Å². The Morgan fingerprint density at radius 2 is 1.89 bits per heavy atom. The minimum absolute atomic E-state index is 0.353. The summed E-state index contributed by atoms with van der Waals surface area (Å²) in [5.41, 5.74) is 0.917. The van der Waals surface area contributed by atoms with Crippen LogP contribution in [-0.2, 0) is 4.74 Å². The van der Waals surface area contributed by atoms with E-state index in [2.05, 4.69) is 20.1 Å². The van der Waals surface area contributed by atoms with Gasteiger partial charge >= 0.3 is 0 Å². The Labute approximate surface area is 163 Å². The van der Waals surface area contributed by atoms with Crippen LogP contribution in [0.1, 0.15) is 38.5 Å². The van der Waals surface area contributed by atoms with Crippen molar-refractivity contribution in [3.05, 3.63) is 24.3 Å². The maximum Gasteiger partial charge on any atom is 0.193 e. The van der Waals surface area contributed by atoms with Crippen LogP contribution in [0.15, 0.2) is 29.3 Å². The predicted molar refractivity (Wildman–Crippen MR) is 111 cm³/mol. The van der Waals surface area contributed by atoms with Gasteiger partial charge in [-0.2, -0.15) is 0 Å². The number of ether oxygens (including phenoxy) is 1. The van der Waals surface area contributed by atoms with Crippen LogP contribution in [0.3, 0.4) is 0 Å². The Balaban J connectivity index is 1.35. The van der Waals surface area contributed by atoms with E-state index in [1.54, 1.807) is 6.07 Å². The number of nitrogens with zero attached hydrogens (tertiary/aromatic N) is 3. The Morgan fingerprint density at radius 1 is 1.15 bits per heavy atom. The van der Waals surface area contributed by atoms with Crippen molar-refractivity contribution in [2.75, 3.05) is 51.3 Å². The Bertz CT molecular complexity index is 594. The number of hydrogen-bond acceptors (Lipinski definition) is 4. The highest BCUT2D eigenvalue weighted by Crippen LogP contribution is 2.27. The quantitative estimate of drug-likeness (QED) is 0.455. The first-order valence-corrected chi connectivity index (χ1v) is 10.4. The van der Waals surface area contributed by atoms with Crippen molar-refractivity contribution < 1.29 is 9.84 Å². The molecule has 0 unspecified atom stereocenters. The molecule has 3 rings (SSSR count). The first-order valence-electron chi connectivity index (χ1n) is 10.4. The SMILES string of the molecule is CN=C(NCCCOC1CCCCC1)N1CCN(c2ccccc2O)CC1. The number of para-hydroxylation sites is 2. The van der Waals surface area contributed by atoms with Gasteiger partial charge in [-0.15, -0.1) is 0 Å². The lowest BCUT2D eigenvalue weighted by atomic mass is 9.98. The number of anilines is 1. The molecule has 1 saturated heterocycles. The first-order chi connectivity index (χ1) is 13.3. The van der Waals surface area contributed by atoms with E-state index in [0.717, 1.165) is 57.4 Å². The number of aromatic hydroxyl groups is 1. The van der Waals surface area contributed by atoms with Crippen molar-refractivity contribution in [3.63, 3.8) is 0 Å². The van der Waals surface area contributed by atoms with Gasteiger partial charge in [0.05, 0.1) is 11.8 Å². The van der Waals surface area contributed by atoms with E-state index in [9.17, 15) is 5.11 Å². The average molecular weight is 375 g/mol. The number of guanidine groups is 1. The summed E-state index contributed by atoms with van der Waals surface area (Å²) >= 11 is 0. The molecular formula is C21H34N4O2. The Hall–Kier alpha value is -1.95. The monoisotopic (exact) mass is 374 g/mol. The second-order valence-electron chi connectivity index (χ2n) is 7.42. The van der Waals surface area contributed by atoms with E-state index in [4.69, 9.17) is 4.74 Å². The third-order valence-electron chi connectivity index (χ3n) is 5.52. The molecule has 1 heterocycles. The van der Waals surface area contributed by atoms with E-state index in [1.165, 1.54) is 32.1 Å². The van der Waals surface area contributed by atoms with Gasteiger partial charge in [0.2, 0.25) is 0 Å². The van der Waals surface area contributed by atoms with Gasteiger partial charge in [-0.05, 0) is 31.4 Å². The lowest BCUT2D eigenvalue weighted by molar-refractivity contribution is 0.0276. The summed E-state index contributed by atoms with van der Waals surface area (Å²) in [5, 5.41) is 13.5. The third-order valence-corrected chi connectivity index (χ3v) is 5.52. The van der Waals surface area contributed by atoms with E-state index in [-0.39, 0.29) is 0 Å². The van der Waals surface area contributed by atoms with Gasteiger partial charge in [0.1, 0.15) is 5.75 Å². The summed E-state index contributed by atoms with van der Waals surface area (Å²) in [6.07, 6.45) is 7.97. The highest BCUT2D eigenvalue weighted by Gasteiger charge is 2.21. The zero-order chi connectivity index (χ0) is 18.9.